The van der Waals surface area contributed by atoms with Gasteiger partial charge in [-0.1, -0.05) is 12.1 Å². The fourth-order valence-corrected chi connectivity index (χ4v) is 5.14. The average molecular weight is 395 g/mol. The molecule has 27 heavy (non-hydrogen) atoms. The maximum Gasteiger partial charge on any atom is 0.358 e. The van der Waals surface area contributed by atoms with E-state index in [0.29, 0.717) is 18.4 Å². The molecule has 0 bridgehead atoms. The van der Waals surface area contributed by atoms with E-state index >= 15 is 0 Å². The van der Waals surface area contributed by atoms with E-state index in [1.807, 2.05) is 0 Å². The van der Waals surface area contributed by atoms with Crippen LogP contribution >= 0.6 is 0 Å². The average Bonchev–Trinajstić information content (AvgIpc) is 3.11. The number of aryl methyl sites for hydroxylation is 1. The number of carboxylic acid groups (broad SMARTS) is 1. The van der Waals surface area contributed by atoms with Crippen molar-refractivity contribution < 1.29 is 27.7 Å². The first kappa shape index (κ1) is 19.0. The van der Waals surface area contributed by atoms with Crippen LogP contribution in [0.2, 0.25) is 0 Å². The van der Waals surface area contributed by atoms with E-state index in [-0.39, 0.29) is 35.4 Å². The first-order chi connectivity index (χ1) is 12.7. The third-order valence-corrected chi connectivity index (χ3v) is 6.70. The molecule has 0 unspecified atom stereocenters. The Morgan fingerprint density at radius 2 is 2.04 bits per heavy atom. The summed E-state index contributed by atoms with van der Waals surface area (Å²) in [4.78, 5) is 25.1. The Morgan fingerprint density at radius 3 is 2.63 bits per heavy atom. The molecule has 11 heteroatoms. The Kier molecular flexibility index (Phi) is 4.98. The molecule has 1 aliphatic heterocycles. The van der Waals surface area contributed by atoms with E-state index in [1.54, 1.807) is 0 Å². The number of nitro groups is 1. The lowest BCUT2D eigenvalue weighted by Crippen LogP contribution is -2.38. The molecular weight excluding hydrogens is 378 g/mol. The molecule has 1 fully saturated rings. The van der Waals surface area contributed by atoms with Gasteiger partial charge in [0.25, 0.3) is 5.69 Å². The highest BCUT2D eigenvalue weighted by Gasteiger charge is 2.37. The second-order valence-corrected chi connectivity index (χ2v) is 8.10. The molecule has 1 saturated heterocycles. The van der Waals surface area contributed by atoms with E-state index in [9.17, 15) is 23.3 Å². The van der Waals surface area contributed by atoms with Crippen LogP contribution in [0.1, 0.15) is 40.6 Å². The molecule has 0 spiro atoms. The number of rotatable bonds is 5. The van der Waals surface area contributed by atoms with E-state index in [4.69, 9.17) is 9.52 Å². The van der Waals surface area contributed by atoms with Gasteiger partial charge in [-0.15, -0.1) is 0 Å². The SMILES string of the molecule is Cc1cccc([N+](=O)[O-])c1S(=O)(=O)N1CCC(c2ocnc2C(=O)O)CC1. The number of carboxylic acids is 1. The number of nitrogens with zero attached hydrogens (tertiary/aromatic N) is 3. The van der Waals surface area contributed by atoms with Gasteiger partial charge < -0.3 is 9.52 Å². The Balaban J connectivity index is 1.85. The van der Waals surface area contributed by atoms with Crippen LogP contribution in [0, 0.1) is 17.0 Å². The molecule has 0 saturated carbocycles. The molecule has 0 atom stereocenters. The van der Waals surface area contributed by atoms with E-state index in [1.165, 1.54) is 29.4 Å². The molecule has 10 nitrogen and oxygen atoms in total. The highest BCUT2D eigenvalue weighted by Crippen LogP contribution is 2.35. The molecule has 2 aromatic rings. The van der Waals surface area contributed by atoms with E-state index in [0.717, 1.165) is 6.39 Å². The highest BCUT2D eigenvalue weighted by molar-refractivity contribution is 7.89. The minimum atomic E-state index is -4.06. The minimum absolute atomic E-state index is 0.0955. The van der Waals surface area contributed by atoms with Crippen molar-refractivity contribution in [2.45, 2.75) is 30.6 Å². The van der Waals surface area contributed by atoms with Crippen LogP contribution < -0.4 is 0 Å². The molecule has 3 rings (SSSR count). The zero-order valence-corrected chi connectivity index (χ0v) is 15.2. The number of aromatic nitrogens is 1. The lowest BCUT2D eigenvalue weighted by Gasteiger charge is -2.30. The summed E-state index contributed by atoms with van der Waals surface area (Å²) in [5.41, 5.74) is -0.332. The van der Waals surface area contributed by atoms with Crippen LogP contribution in [0.5, 0.6) is 0 Å². The summed E-state index contributed by atoms with van der Waals surface area (Å²) in [6.45, 7) is 1.71. The first-order valence-corrected chi connectivity index (χ1v) is 9.58. The number of aromatic carboxylic acids is 1. The van der Waals surface area contributed by atoms with Crippen LogP contribution in [0.3, 0.4) is 0 Å². The molecular formula is C16H17N3O7S. The van der Waals surface area contributed by atoms with E-state index < -0.39 is 26.6 Å². The Labute approximate surface area is 154 Å². The molecule has 1 aromatic carbocycles. The summed E-state index contributed by atoms with van der Waals surface area (Å²) in [6, 6.07) is 4.12. The number of nitro benzene ring substituents is 1. The largest absolute Gasteiger partial charge is 0.476 e. The predicted molar refractivity (Wildman–Crippen MR) is 92.0 cm³/mol. The summed E-state index contributed by atoms with van der Waals surface area (Å²) < 4.78 is 32.4. The second-order valence-electron chi connectivity index (χ2n) is 6.23. The number of hydrogen-bond donors (Lipinski definition) is 1. The third-order valence-electron chi connectivity index (χ3n) is 4.61. The van der Waals surface area contributed by atoms with Crippen molar-refractivity contribution in [3.63, 3.8) is 0 Å². The second kappa shape index (κ2) is 7.08. The third kappa shape index (κ3) is 3.43. The lowest BCUT2D eigenvalue weighted by atomic mass is 9.94. The summed E-state index contributed by atoms with van der Waals surface area (Å²) >= 11 is 0. The molecule has 1 N–H and O–H groups in total. The minimum Gasteiger partial charge on any atom is -0.476 e. The zero-order chi connectivity index (χ0) is 19.8. The maximum absolute atomic E-state index is 13.0. The number of hydrogen-bond acceptors (Lipinski definition) is 7. The van der Waals surface area contributed by atoms with Crippen LogP contribution in [-0.2, 0) is 10.0 Å². The van der Waals surface area contributed by atoms with Gasteiger partial charge in [-0.3, -0.25) is 10.1 Å². The molecule has 0 radical (unpaired) electrons. The van der Waals surface area contributed by atoms with Crippen molar-refractivity contribution in [1.82, 2.24) is 9.29 Å². The molecule has 144 valence electrons. The summed E-state index contributed by atoms with van der Waals surface area (Å²) in [7, 11) is -4.06. The normalized spacial score (nSPS) is 16.3. The lowest BCUT2D eigenvalue weighted by molar-refractivity contribution is -0.387. The monoisotopic (exact) mass is 395 g/mol. The summed E-state index contributed by atoms with van der Waals surface area (Å²) in [5, 5.41) is 20.4. The number of carbonyl (C=O) groups is 1. The van der Waals surface area contributed by atoms with Gasteiger partial charge in [0.05, 0.1) is 4.92 Å². The van der Waals surface area contributed by atoms with Crippen LogP contribution in [0.25, 0.3) is 0 Å². The van der Waals surface area contributed by atoms with Gasteiger partial charge in [-0.05, 0) is 25.3 Å². The summed E-state index contributed by atoms with van der Waals surface area (Å²) in [5.74, 6) is -1.26. The smallest absolute Gasteiger partial charge is 0.358 e. The number of oxazole rings is 1. The highest BCUT2D eigenvalue weighted by atomic mass is 32.2. The number of piperidine rings is 1. The number of benzene rings is 1. The van der Waals surface area contributed by atoms with Crippen molar-refractivity contribution in [3.8, 4) is 0 Å². The molecule has 2 heterocycles. The van der Waals surface area contributed by atoms with Crippen molar-refractivity contribution in [2.24, 2.45) is 0 Å². The fourth-order valence-electron chi connectivity index (χ4n) is 3.31. The van der Waals surface area contributed by atoms with Gasteiger partial charge in [0, 0.05) is 25.1 Å². The van der Waals surface area contributed by atoms with Crippen LogP contribution in [0.15, 0.2) is 33.9 Å². The van der Waals surface area contributed by atoms with E-state index in [2.05, 4.69) is 4.98 Å². The number of sulfonamides is 1. The molecule has 0 amide bonds. The van der Waals surface area contributed by atoms with Gasteiger partial charge in [0.15, 0.2) is 17.0 Å². The fraction of sp³-hybridized carbons (Fsp3) is 0.375. The van der Waals surface area contributed by atoms with Crippen molar-refractivity contribution in [3.05, 3.63) is 51.7 Å². The standard InChI is InChI=1S/C16H17N3O7S/c1-10-3-2-4-12(19(22)23)15(10)27(24,25)18-7-5-11(6-8-18)14-13(16(20)21)17-9-26-14/h2-4,9,11H,5-8H2,1H3,(H,20,21). The Hall–Kier alpha value is -2.79. The molecule has 1 aliphatic rings. The predicted octanol–water partition coefficient (Wildman–Crippen LogP) is 2.16. The first-order valence-electron chi connectivity index (χ1n) is 8.14. The Morgan fingerprint density at radius 1 is 1.37 bits per heavy atom. The van der Waals surface area contributed by atoms with Crippen LogP contribution in [-0.4, -0.2) is 46.8 Å². The van der Waals surface area contributed by atoms with Crippen molar-refractivity contribution in [1.29, 1.82) is 0 Å². The topological polar surface area (TPSA) is 144 Å². The molecule has 1 aromatic heterocycles. The van der Waals surface area contributed by atoms with Crippen LogP contribution in [0.4, 0.5) is 5.69 Å². The molecule has 0 aliphatic carbocycles. The quantitative estimate of drug-likeness (QED) is 0.599. The van der Waals surface area contributed by atoms with Gasteiger partial charge in [0.1, 0.15) is 5.76 Å². The summed E-state index contributed by atoms with van der Waals surface area (Å²) in [6.07, 6.45) is 1.71. The van der Waals surface area contributed by atoms with Gasteiger partial charge in [0.2, 0.25) is 10.0 Å². The van der Waals surface area contributed by atoms with Gasteiger partial charge in [-0.2, -0.15) is 4.31 Å². The van der Waals surface area contributed by atoms with Gasteiger partial charge in [-0.25, -0.2) is 18.2 Å². The van der Waals surface area contributed by atoms with Crippen molar-refractivity contribution >= 4 is 21.7 Å². The maximum atomic E-state index is 13.0. The zero-order valence-electron chi connectivity index (χ0n) is 14.4. The van der Waals surface area contributed by atoms with Crippen molar-refractivity contribution in [2.75, 3.05) is 13.1 Å². The van der Waals surface area contributed by atoms with Gasteiger partial charge >= 0.3 is 5.97 Å². The Bertz CT molecular complexity index is 991.